The Labute approximate surface area is 106 Å². The number of carboxylic acid groups (broad SMARTS) is 1. The summed E-state index contributed by atoms with van der Waals surface area (Å²) in [6.07, 6.45) is 1.60. The second-order valence-electron chi connectivity index (χ2n) is 4.87. The lowest BCUT2D eigenvalue weighted by atomic mass is 9.89. The summed E-state index contributed by atoms with van der Waals surface area (Å²) >= 11 is 4.34. The Bertz CT molecular complexity index is 470. The summed E-state index contributed by atoms with van der Waals surface area (Å²) < 4.78 is 5.90. The number of carbonyl (C=O) groups is 1. The standard InChI is InChI=1S/C13H16O3S/c1-8-5-10(17)6-9-3-4-13(2,7-11(14)15)16-12(8)9/h5-6,17H,3-4,7H2,1-2H3,(H,14,15). The largest absolute Gasteiger partial charge is 0.486 e. The van der Waals surface area contributed by atoms with E-state index in [4.69, 9.17) is 9.84 Å². The molecule has 0 bridgehead atoms. The van der Waals surface area contributed by atoms with E-state index in [0.29, 0.717) is 0 Å². The second kappa shape index (κ2) is 4.26. The highest BCUT2D eigenvalue weighted by atomic mass is 32.1. The van der Waals surface area contributed by atoms with Crippen molar-refractivity contribution in [1.82, 2.24) is 0 Å². The van der Waals surface area contributed by atoms with Gasteiger partial charge in [-0.3, -0.25) is 4.79 Å². The van der Waals surface area contributed by atoms with E-state index in [1.165, 1.54) is 0 Å². The summed E-state index contributed by atoms with van der Waals surface area (Å²) in [7, 11) is 0. The number of carboxylic acids is 1. The molecule has 1 heterocycles. The maximum absolute atomic E-state index is 10.8. The van der Waals surface area contributed by atoms with Gasteiger partial charge in [-0.25, -0.2) is 0 Å². The number of hydrogen-bond donors (Lipinski definition) is 2. The lowest BCUT2D eigenvalue weighted by Crippen LogP contribution is -2.38. The first kappa shape index (κ1) is 12.3. The Kier molecular flexibility index (Phi) is 3.08. The predicted molar refractivity (Wildman–Crippen MR) is 68.0 cm³/mol. The number of aliphatic carboxylic acids is 1. The maximum atomic E-state index is 10.8. The van der Waals surface area contributed by atoms with E-state index in [-0.39, 0.29) is 6.42 Å². The molecule has 0 aromatic heterocycles. The molecule has 0 spiro atoms. The molecule has 4 heteroatoms. The first-order valence-corrected chi connectivity index (χ1v) is 6.08. The van der Waals surface area contributed by atoms with E-state index in [0.717, 1.165) is 34.6 Å². The summed E-state index contributed by atoms with van der Waals surface area (Å²) in [5, 5.41) is 8.90. The van der Waals surface area contributed by atoms with Gasteiger partial charge < -0.3 is 9.84 Å². The molecular formula is C13H16O3S. The average molecular weight is 252 g/mol. The molecule has 2 rings (SSSR count). The van der Waals surface area contributed by atoms with Gasteiger partial charge in [-0.2, -0.15) is 0 Å². The van der Waals surface area contributed by atoms with Gasteiger partial charge in [0, 0.05) is 4.90 Å². The number of ether oxygens (including phenoxy) is 1. The molecule has 0 aliphatic carbocycles. The zero-order valence-corrected chi connectivity index (χ0v) is 10.9. The molecule has 0 saturated carbocycles. The minimum atomic E-state index is -0.820. The summed E-state index contributed by atoms with van der Waals surface area (Å²) in [6.45, 7) is 3.82. The highest BCUT2D eigenvalue weighted by Crippen LogP contribution is 2.38. The average Bonchev–Trinajstić information content (AvgIpc) is 2.18. The number of thiol groups is 1. The topological polar surface area (TPSA) is 46.5 Å². The van der Waals surface area contributed by atoms with Gasteiger partial charge in [-0.05, 0) is 49.9 Å². The van der Waals surface area contributed by atoms with Crippen LogP contribution in [0.25, 0.3) is 0 Å². The van der Waals surface area contributed by atoms with E-state index in [1.54, 1.807) is 0 Å². The third kappa shape index (κ3) is 2.57. The van der Waals surface area contributed by atoms with Crippen LogP contribution in [0.1, 0.15) is 30.9 Å². The van der Waals surface area contributed by atoms with Crippen molar-refractivity contribution in [1.29, 1.82) is 0 Å². The predicted octanol–water partition coefficient (Wildman–Crippen LogP) is 2.84. The monoisotopic (exact) mass is 252 g/mol. The van der Waals surface area contributed by atoms with Crippen molar-refractivity contribution >= 4 is 18.6 Å². The lowest BCUT2D eigenvalue weighted by Gasteiger charge is -2.35. The van der Waals surface area contributed by atoms with Crippen molar-refractivity contribution in [2.24, 2.45) is 0 Å². The highest BCUT2D eigenvalue weighted by molar-refractivity contribution is 7.80. The van der Waals surface area contributed by atoms with Crippen molar-refractivity contribution in [3.8, 4) is 5.75 Å². The zero-order chi connectivity index (χ0) is 12.6. The molecule has 92 valence electrons. The highest BCUT2D eigenvalue weighted by Gasteiger charge is 2.34. The van der Waals surface area contributed by atoms with Gasteiger partial charge in [0.05, 0.1) is 6.42 Å². The van der Waals surface area contributed by atoms with Gasteiger partial charge in [0.25, 0.3) is 0 Å². The van der Waals surface area contributed by atoms with Gasteiger partial charge in [-0.1, -0.05) is 0 Å². The number of rotatable bonds is 2. The molecule has 1 unspecified atom stereocenters. The molecule has 0 saturated heterocycles. The molecule has 0 fully saturated rings. The molecule has 1 atom stereocenters. The van der Waals surface area contributed by atoms with Crippen LogP contribution in [0, 0.1) is 6.92 Å². The second-order valence-corrected chi connectivity index (χ2v) is 5.39. The number of hydrogen-bond acceptors (Lipinski definition) is 3. The normalized spacial score (nSPS) is 22.8. The molecule has 1 aliphatic rings. The molecule has 0 amide bonds. The van der Waals surface area contributed by atoms with Crippen LogP contribution in [0.3, 0.4) is 0 Å². The van der Waals surface area contributed by atoms with Gasteiger partial charge in [0.15, 0.2) is 0 Å². The zero-order valence-electron chi connectivity index (χ0n) is 9.99. The van der Waals surface area contributed by atoms with Crippen molar-refractivity contribution in [3.05, 3.63) is 23.3 Å². The molecule has 17 heavy (non-hydrogen) atoms. The number of aryl methyl sites for hydroxylation is 2. The fraction of sp³-hybridized carbons (Fsp3) is 0.462. The van der Waals surface area contributed by atoms with E-state index in [1.807, 2.05) is 26.0 Å². The maximum Gasteiger partial charge on any atom is 0.307 e. The Balaban J connectivity index is 2.32. The van der Waals surface area contributed by atoms with Gasteiger partial charge in [-0.15, -0.1) is 12.6 Å². The lowest BCUT2D eigenvalue weighted by molar-refractivity contribution is -0.141. The number of benzene rings is 1. The quantitative estimate of drug-likeness (QED) is 0.796. The molecule has 1 aromatic rings. The Morgan fingerprint density at radius 1 is 1.59 bits per heavy atom. The van der Waals surface area contributed by atoms with Gasteiger partial charge in [0.1, 0.15) is 11.4 Å². The fourth-order valence-electron chi connectivity index (χ4n) is 2.30. The summed E-state index contributed by atoms with van der Waals surface area (Å²) in [4.78, 5) is 11.8. The minimum Gasteiger partial charge on any atom is -0.486 e. The number of fused-ring (bicyclic) bond motifs is 1. The SMILES string of the molecule is Cc1cc(S)cc2c1OC(C)(CC(=O)O)CC2. The summed E-state index contributed by atoms with van der Waals surface area (Å²) in [5.74, 6) is 0.0113. The van der Waals surface area contributed by atoms with Crippen LogP contribution >= 0.6 is 12.6 Å². The Morgan fingerprint density at radius 3 is 2.94 bits per heavy atom. The van der Waals surface area contributed by atoms with E-state index < -0.39 is 11.6 Å². The fourth-order valence-corrected chi connectivity index (χ4v) is 2.65. The van der Waals surface area contributed by atoms with Crippen LogP contribution in [-0.4, -0.2) is 16.7 Å². The van der Waals surface area contributed by atoms with Crippen molar-refractivity contribution < 1.29 is 14.6 Å². The van der Waals surface area contributed by atoms with Crippen molar-refractivity contribution in [2.45, 2.75) is 43.6 Å². The minimum absolute atomic E-state index is 0.0362. The van der Waals surface area contributed by atoms with Gasteiger partial charge >= 0.3 is 5.97 Å². The van der Waals surface area contributed by atoms with Crippen LogP contribution in [0.15, 0.2) is 17.0 Å². The third-order valence-corrected chi connectivity index (χ3v) is 3.39. The van der Waals surface area contributed by atoms with Crippen LogP contribution in [-0.2, 0) is 11.2 Å². The molecule has 1 aromatic carbocycles. The van der Waals surface area contributed by atoms with Crippen molar-refractivity contribution in [2.75, 3.05) is 0 Å². The smallest absolute Gasteiger partial charge is 0.307 e. The summed E-state index contributed by atoms with van der Waals surface area (Å²) in [6, 6.07) is 3.93. The molecule has 0 radical (unpaired) electrons. The van der Waals surface area contributed by atoms with Crippen molar-refractivity contribution in [3.63, 3.8) is 0 Å². The molecule has 3 nitrogen and oxygen atoms in total. The molecule has 1 aliphatic heterocycles. The first-order chi connectivity index (χ1) is 7.89. The van der Waals surface area contributed by atoms with Crippen LogP contribution < -0.4 is 4.74 Å². The van der Waals surface area contributed by atoms with E-state index in [2.05, 4.69) is 12.6 Å². The van der Waals surface area contributed by atoms with Crippen LogP contribution in [0.5, 0.6) is 5.75 Å². The third-order valence-electron chi connectivity index (χ3n) is 3.13. The Hall–Kier alpha value is -1.16. The molecular weight excluding hydrogens is 236 g/mol. The van der Waals surface area contributed by atoms with Crippen LogP contribution in [0.4, 0.5) is 0 Å². The summed E-state index contributed by atoms with van der Waals surface area (Å²) in [5.41, 5.74) is 1.54. The van der Waals surface area contributed by atoms with Crippen LogP contribution in [0.2, 0.25) is 0 Å². The molecule has 1 N–H and O–H groups in total. The Morgan fingerprint density at radius 2 is 2.29 bits per heavy atom. The van der Waals surface area contributed by atoms with E-state index in [9.17, 15) is 4.79 Å². The first-order valence-electron chi connectivity index (χ1n) is 5.63. The van der Waals surface area contributed by atoms with Gasteiger partial charge in [0.2, 0.25) is 0 Å². The van der Waals surface area contributed by atoms with E-state index >= 15 is 0 Å².